The van der Waals surface area contributed by atoms with E-state index in [1.165, 1.54) is 12.1 Å². The van der Waals surface area contributed by atoms with Crippen LogP contribution >= 0.6 is 15.9 Å². The second-order valence-electron chi connectivity index (χ2n) is 4.61. The molecule has 0 bridgehead atoms. The summed E-state index contributed by atoms with van der Waals surface area (Å²) in [5, 5.41) is 8.96. The van der Waals surface area contributed by atoms with Crippen molar-refractivity contribution in [3.05, 3.63) is 63.9 Å². The molecule has 5 heteroatoms. The second-order valence-corrected chi connectivity index (χ2v) is 5.46. The second kappa shape index (κ2) is 6.72. The van der Waals surface area contributed by atoms with E-state index in [0.717, 1.165) is 22.3 Å². The van der Waals surface area contributed by atoms with Gasteiger partial charge in [-0.3, -0.25) is 0 Å². The van der Waals surface area contributed by atoms with Crippen LogP contribution in [0.25, 0.3) is 0 Å². The predicted octanol–water partition coefficient (Wildman–Crippen LogP) is 4.31. The summed E-state index contributed by atoms with van der Waals surface area (Å²) >= 11 is 3.40. The van der Waals surface area contributed by atoms with Crippen LogP contribution in [0.4, 0.5) is 10.1 Å². The number of aromatic carboxylic acids is 1. The molecular weight excluding hydrogens is 337 g/mol. The maximum absolute atomic E-state index is 13.3. The monoisotopic (exact) mass is 351 g/mol. The summed E-state index contributed by atoms with van der Waals surface area (Å²) in [7, 11) is 0. The Bertz CT molecular complexity index is 660. The minimum absolute atomic E-state index is 0.236. The number of carbonyl (C=O) groups is 1. The molecule has 1 N–H and O–H groups in total. The number of hydrogen-bond donors (Lipinski definition) is 1. The lowest BCUT2D eigenvalue weighted by Gasteiger charge is -2.24. The largest absolute Gasteiger partial charge is 0.478 e. The number of carboxylic acid groups (broad SMARTS) is 1. The number of benzene rings is 2. The Hall–Kier alpha value is -1.88. The van der Waals surface area contributed by atoms with Gasteiger partial charge in [-0.1, -0.05) is 28.1 Å². The van der Waals surface area contributed by atoms with Gasteiger partial charge in [0, 0.05) is 23.2 Å². The van der Waals surface area contributed by atoms with Crippen molar-refractivity contribution in [1.82, 2.24) is 0 Å². The molecule has 0 aliphatic heterocycles. The van der Waals surface area contributed by atoms with E-state index in [1.807, 2.05) is 17.9 Å². The highest BCUT2D eigenvalue weighted by Crippen LogP contribution is 2.24. The molecule has 0 amide bonds. The lowest BCUT2D eigenvalue weighted by atomic mass is 10.1. The van der Waals surface area contributed by atoms with E-state index < -0.39 is 5.97 Å². The molecule has 110 valence electrons. The highest BCUT2D eigenvalue weighted by atomic mass is 79.9. The van der Waals surface area contributed by atoms with Crippen LogP contribution in [0.1, 0.15) is 22.8 Å². The number of nitrogens with zero attached hydrogens (tertiary/aromatic N) is 1. The lowest BCUT2D eigenvalue weighted by molar-refractivity contribution is 0.0697. The molecule has 0 unspecified atom stereocenters. The van der Waals surface area contributed by atoms with Crippen LogP contribution in [0.5, 0.6) is 0 Å². The molecule has 0 atom stereocenters. The van der Waals surface area contributed by atoms with Crippen LogP contribution in [0, 0.1) is 5.82 Å². The van der Waals surface area contributed by atoms with E-state index in [2.05, 4.69) is 15.9 Å². The standard InChI is InChI=1S/C16H15BrFNO2/c1-2-19(14-5-3-4-13(18)9-14)10-12-7-6-11(16(20)21)8-15(12)17/h3-9H,2,10H2,1H3,(H,20,21). The van der Waals surface area contributed by atoms with E-state index in [4.69, 9.17) is 5.11 Å². The van der Waals surface area contributed by atoms with E-state index in [-0.39, 0.29) is 11.4 Å². The first-order chi connectivity index (χ1) is 10.0. The third-order valence-corrected chi connectivity index (χ3v) is 3.95. The smallest absolute Gasteiger partial charge is 0.335 e. The fraction of sp³-hybridized carbons (Fsp3) is 0.188. The summed E-state index contributed by atoms with van der Waals surface area (Å²) < 4.78 is 14.1. The molecule has 0 aliphatic carbocycles. The van der Waals surface area contributed by atoms with E-state index >= 15 is 0 Å². The van der Waals surface area contributed by atoms with Crippen molar-refractivity contribution in [2.45, 2.75) is 13.5 Å². The SMILES string of the molecule is CCN(Cc1ccc(C(=O)O)cc1Br)c1cccc(F)c1. The molecule has 3 nitrogen and oxygen atoms in total. The van der Waals surface area contributed by atoms with Crippen LogP contribution in [-0.2, 0) is 6.54 Å². The highest BCUT2D eigenvalue weighted by Gasteiger charge is 2.11. The number of hydrogen-bond acceptors (Lipinski definition) is 2. The van der Waals surface area contributed by atoms with Crippen LogP contribution < -0.4 is 4.90 Å². The lowest BCUT2D eigenvalue weighted by Crippen LogP contribution is -2.22. The summed E-state index contributed by atoms with van der Waals surface area (Å²) in [5.41, 5.74) is 1.98. The van der Waals surface area contributed by atoms with Gasteiger partial charge in [-0.2, -0.15) is 0 Å². The fourth-order valence-corrected chi connectivity index (χ4v) is 2.58. The van der Waals surface area contributed by atoms with Gasteiger partial charge in [0.1, 0.15) is 5.82 Å². The maximum atomic E-state index is 13.3. The molecule has 2 aromatic carbocycles. The van der Waals surface area contributed by atoms with Crippen molar-refractivity contribution in [1.29, 1.82) is 0 Å². The minimum Gasteiger partial charge on any atom is -0.478 e. The molecule has 21 heavy (non-hydrogen) atoms. The number of carboxylic acids is 1. The Morgan fingerprint density at radius 2 is 2.05 bits per heavy atom. The molecule has 0 fully saturated rings. The first kappa shape index (κ1) is 15.5. The van der Waals surface area contributed by atoms with Crippen molar-refractivity contribution in [2.75, 3.05) is 11.4 Å². The molecular formula is C16H15BrFNO2. The van der Waals surface area contributed by atoms with Crippen LogP contribution in [0.3, 0.4) is 0 Å². The van der Waals surface area contributed by atoms with Gasteiger partial charge in [-0.05, 0) is 42.8 Å². The van der Waals surface area contributed by atoms with Gasteiger partial charge in [-0.25, -0.2) is 9.18 Å². The molecule has 0 saturated heterocycles. The van der Waals surface area contributed by atoms with Crippen LogP contribution in [0.15, 0.2) is 46.9 Å². The predicted molar refractivity (Wildman–Crippen MR) is 84.2 cm³/mol. The zero-order valence-electron chi connectivity index (χ0n) is 11.5. The van der Waals surface area contributed by atoms with Gasteiger partial charge in [0.25, 0.3) is 0 Å². The van der Waals surface area contributed by atoms with Crippen molar-refractivity contribution >= 4 is 27.6 Å². The average Bonchev–Trinajstić information content (AvgIpc) is 2.45. The van der Waals surface area contributed by atoms with Gasteiger partial charge in [-0.15, -0.1) is 0 Å². The molecule has 0 saturated carbocycles. The number of anilines is 1. The third kappa shape index (κ3) is 3.82. The van der Waals surface area contributed by atoms with Crippen molar-refractivity contribution in [2.24, 2.45) is 0 Å². The van der Waals surface area contributed by atoms with Crippen molar-refractivity contribution < 1.29 is 14.3 Å². The molecule has 0 spiro atoms. The number of rotatable bonds is 5. The Balaban J connectivity index is 2.25. The quantitative estimate of drug-likeness (QED) is 0.872. The topological polar surface area (TPSA) is 40.5 Å². The normalized spacial score (nSPS) is 10.4. The van der Waals surface area contributed by atoms with E-state index in [1.54, 1.807) is 24.3 Å². The Morgan fingerprint density at radius 3 is 2.62 bits per heavy atom. The first-order valence-electron chi connectivity index (χ1n) is 6.53. The Morgan fingerprint density at radius 1 is 1.29 bits per heavy atom. The van der Waals surface area contributed by atoms with Crippen molar-refractivity contribution in [3.8, 4) is 0 Å². The van der Waals surface area contributed by atoms with Gasteiger partial charge < -0.3 is 10.0 Å². The van der Waals surface area contributed by atoms with Crippen LogP contribution in [-0.4, -0.2) is 17.6 Å². The molecule has 0 aliphatic rings. The van der Waals surface area contributed by atoms with Gasteiger partial charge in [0.2, 0.25) is 0 Å². The van der Waals surface area contributed by atoms with E-state index in [0.29, 0.717) is 6.54 Å². The molecule has 2 aromatic rings. The maximum Gasteiger partial charge on any atom is 0.335 e. The highest BCUT2D eigenvalue weighted by molar-refractivity contribution is 9.10. The van der Waals surface area contributed by atoms with Gasteiger partial charge in [0.05, 0.1) is 5.56 Å². The van der Waals surface area contributed by atoms with Crippen LogP contribution in [0.2, 0.25) is 0 Å². The zero-order valence-corrected chi connectivity index (χ0v) is 13.1. The Labute approximate surface area is 131 Å². The fourth-order valence-electron chi connectivity index (χ4n) is 2.07. The summed E-state index contributed by atoms with van der Waals surface area (Å²) in [6.45, 7) is 3.28. The van der Waals surface area contributed by atoms with E-state index in [9.17, 15) is 9.18 Å². The molecule has 2 rings (SSSR count). The summed E-state index contributed by atoms with van der Waals surface area (Å²) in [5.74, 6) is -1.23. The minimum atomic E-state index is -0.959. The van der Waals surface area contributed by atoms with Crippen molar-refractivity contribution in [3.63, 3.8) is 0 Å². The molecule has 0 heterocycles. The molecule has 0 aromatic heterocycles. The summed E-state index contributed by atoms with van der Waals surface area (Å²) in [6.07, 6.45) is 0. The third-order valence-electron chi connectivity index (χ3n) is 3.22. The number of halogens is 2. The van der Waals surface area contributed by atoms with Gasteiger partial charge >= 0.3 is 5.97 Å². The summed E-state index contributed by atoms with van der Waals surface area (Å²) in [6, 6.07) is 11.4. The Kier molecular flexibility index (Phi) is 4.96. The summed E-state index contributed by atoms with van der Waals surface area (Å²) in [4.78, 5) is 12.9. The first-order valence-corrected chi connectivity index (χ1v) is 7.32. The zero-order chi connectivity index (χ0) is 15.4. The molecule has 0 radical (unpaired) electrons. The average molecular weight is 352 g/mol. The van der Waals surface area contributed by atoms with Gasteiger partial charge in [0.15, 0.2) is 0 Å².